The van der Waals surface area contributed by atoms with Gasteiger partial charge in [0.25, 0.3) is 0 Å². The molecule has 1 aromatic heterocycles. The molecular formula is C18H18N2O2. The molecule has 1 atom stereocenters. The predicted octanol–water partition coefficient (Wildman–Crippen LogP) is 3.80. The van der Waals surface area contributed by atoms with Crippen molar-refractivity contribution < 1.29 is 9.84 Å². The lowest BCUT2D eigenvalue weighted by molar-refractivity contribution is 0.161. The summed E-state index contributed by atoms with van der Waals surface area (Å²) in [7, 11) is 0. The summed E-state index contributed by atoms with van der Waals surface area (Å²) in [6.45, 7) is 0.740. The van der Waals surface area contributed by atoms with Gasteiger partial charge in [-0.05, 0) is 36.2 Å². The molecule has 0 aliphatic heterocycles. The first-order valence-corrected chi connectivity index (χ1v) is 7.28. The molecule has 0 amide bonds. The van der Waals surface area contributed by atoms with Gasteiger partial charge in [-0.1, -0.05) is 30.3 Å². The molecule has 0 fully saturated rings. The van der Waals surface area contributed by atoms with Gasteiger partial charge in [0, 0.05) is 18.9 Å². The van der Waals surface area contributed by atoms with E-state index in [0.717, 1.165) is 23.6 Å². The summed E-state index contributed by atoms with van der Waals surface area (Å²) in [4.78, 5) is 3.99. The number of aliphatic hydroxyl groups excluding tert-OH is 1. The lowest BCUT2D eigenvalue weighted by atomic mass is 10.1. The van der Waals surface area contributed by atoms with Crippen molar-refractivity contribution in [2.75, 3.05) is 0 Å². The Bertz CT molecular complexity index is 679. The Morgan fingerprint density at radius 2 is 1.73 bits per heavy atom. The molecule has 1 heterocycles. The van der Waals surface area contributed by atoms with Crippen LogP contribution in [0.25, 0.3) is 0 Å². The van der Waals surface area contributed by atoms with Crippen molar-refractivity contribution >= 4 is 0 Å². The van der Waals surface area contributed by atoms with Crippen LogP contribution in [0, 0.1) is 0 Å². The zero-order valence-corrected chi connectivity index (χ0v) is 12.2. The highest BCUT2D eigenvalue weighted by atomic mass is 16.5. The average Bonchev–Trinajstić information content (AvgIpc) is 3.08. The van der Waals surface area contributed by atoms with E-state index in [2.05, 4.69) is 4.98 Å². The van der Waals surface area contributed by atoms with Crippen molar-refractivity contribution in [1.82, 2.24) is 9.55 Å². The third-order valence-corrected chi connectivity index (χ3v) is 3.46. The van der Waals surface area contributed by atoms with Gasteiger partial charge in [0.15, 0.2) is 0 Å². The van der Waals surface area contributed by atoms with Gasteiger partial charge in [-0.3, -0.25) is 0 Å². The van der Waals surface area contributed by atoms with E-state index >= 15 is 0 Å². The number of aryl methyl sites for hydroxylation is 1. The van der Waals surface area contributed by atoms with Crippen LogP contribution in [0.2, 0.25) is 0 Å². The van der Waals surface area contributed by atoms with E-state index in [9.17, 15) is 5.11 Å². The fourth-order valence-electron chi connectivity index (χ4n) is 2.24. The number of nitrogens with zero attached hydrogens (tertiary/aromatic N) is 2. The Morgan fingerprint density at radius 3 is 2.41 bits per heavy atom. The quantitative estimate of drug-likeness (QED) is 0.752. The summed E-state index contributed by atoms with van der Waals surface area (Å²) in [6, 6.07) is 17.2. The van der Waals surface area contributed by atoms with Crippen molar-refractivity contribution in [3.05, 3.63) is 78.9 Å². The number of imidazole rings is 1. The number of benzene rings is 2. The highest BCUT2D eigenvalue weighted by Gasteiger charge is 2.08. The van der Waals surface area contributed by atoms with E-state index in [1.165, 1.54) is 0 Å². The normalized spacial score (nSPS) is 12.0. The largest absolute Gasteiger partial charge is 0.457 e. The number of hydrogen-bond donors (Lipinski definition) is 1. The third-order valence-electron chi connectivity index (χ3n) is 3.46. The number of ether oxygens (including phenoxy) is 1. The van der Waals surface area contributed by atoms with Gasteiger partial charge < -0.3 is 14.4 Å². The predicted molar refractivity (Wildman–Crippen MR) is 84.8 cm³/mol. The van der Waals surface area contributed by atoms with E-state index in [0.29, 0.717) is 6.42 Å². The minimum Gasteiger partial charge on any atom is -0.457 e. The van der Waals surface area contributed by atoms with Crippen LogP contribution >= 0.6 is 0 Å². The Morgan fingerprint density at radius 1 is 1.00 bits per heavy atom. The van der Waals surface area contributed by atoms with E-state index in [1.807, 2.05) is 65.4 Å². The molecule has 3 rings (SSSR count). The Hall–Kier alpha value is -2.59. The molecule has 0 bridgehead atoms. The first-order valence-electron chi connectivity index (χ1n) is 7.28. The molecule has 1 unspecified atom stereocenters. The number of hydrogen-bond acceptors (Lipinski definition) is 3. The highest BCUT2D eigenvalue weighted by molar-refractivity contribution is 5.33. The van der Waals surface area contributed by atoms with Crippen LogP contribution in [0.5, 0.6) is 11.5 Å². The van der Waals surface area contributed by atoms with Crippen LogP contribution in [0.4, 0.5) is 0 Å². The van der Waals surface area contributed by atoms with Gasteiger partial charge in [-0.15, -0.1) is 0 Å². The molecule has 0 aliphatic rings. The first kappa shape index (κ1) is 14.4. The minimum atomic E-state index is -0.492. The molecule has 112 valence electrons. The molecular weight excluding hydrogens is 276 g/mol. The summed E-state index contributed by atoms with van der Waals surface area (Å²) < 4.78 is 7.69. The summed E-state index contributed by atoms with van der Waals surface area (Å²) in [5, 5.41) is 10.2. The van der Waals surface area contributed by atoms with Gasteiger partial charge in [0.2, 0.25) is 0 Å². The van der Waals surface area contributed by atoms with E-state index in [4.69, 9.17) is 4.74 Å². The molecule has 22 heavy (non-hydrogen) atoms. The molecule has 2 aromatic carbocycles. The van der Waals surface area contributed by atoms with Crippen molar-refractivity contribution in [3.8, 4) is 11.5 Å². The molecule has 0 spiro atoms. The van der Waals surface area contributed by atoms with Crippen molar-refractivity contribution in [2.45, 2.75) is 19.1 Å². The molecule has 0 aliphatic carbocycles. The fourth-order valence-corrected chi connectivity index (χ4v) is 2.24. The summed E-state index contributed by atoms with van der Waals surface area (Å²) in [6.07, 6.45) is 5.54. The first-order chi connectivity index (χ1) is 10.8. The third kappa shape index (κ3) is 3.74. The maximum atomic E-state index is 10.2. The van der Waals surface area contributed by atoms with Gasteiger partial charge >= 0.3 is 0 Å². The monoisotopic (exact) mass is 294 g/mol. The second-order valence-corrected chi connectivity index (χ2v) is 5.09. The zero-order valence-electron chi connectivity index (χ0n) is 12.2. The Balaban J connectivity index is 1.58. The second kappa shape index (κ2) is 6.91. The smallest absolute Gasteiger partial charge is 0.127 e. The van der Waals surface area contributed by atoms with Gasteiger partial charge in [0.05, 0.1) is 12.4 Å². The molecule has 0 saturated carbocycles. The van der Waals surface area contributed by atoms with Crippen LogP contribution in [0.15, 0.2) is 73.3 Å². The Labute approximate surface area is 129 Å². The lowest BCUT2D eigenvalue weighted by Gasteiger charge is -2.12. The number of rotatable bonds is 6. The standard InChI is InChI=1S/C18H18N2O2/c21-18(10-12-20-13-11-19-14-20)15-6-8-17(9-7-15)22-16-4-2-1-3-5-16/h1-9,11,13-14,18,21H,10,12H2. The molecule has 3 aromatic rings. The Kier molecular flexibility index (Phi) is 4.51. The van der Waals surface area contributed by atoms with Crippen molar-refractivity contribution in [1.29, 1.82) is 0 Å². The van der Waals surface area contributed by atoms with Crippen LogP contribution in [0.1, 0.15) is 18.1 Å². The van der Waals surface area contributed by atoms with Gasteiger partial charge in [0.1, 0.15) is 11.5 Å². The van der Waals surface area contributed by atoms with Gasteiger partial charge in [-0.2, -0.15) is 0 Å². The van der Waals surface area contributed by atoms with Crippen LogP contribution in [-0.4, -0.2) is 14.7 Å². The molecule has 1 N–H and O–H groups in total. The molecule has 0 radical (unpaired) electrons. The minimum absolute atomic E-state index is 0.492. The number of para-hydroxylation sites is 1. The molecule has 0 saturated heterocycles. The summed E-state index contributed by atoms with van der Waals surface area (Å²) in [5.74, 6) is 1.56. The van der Waals surface area contributed by atoms with E-state index < -0.39 is 6.10 Å². The number of aromatic nitrogens is 2. The zero-order chi connectivity index (χ0) is 15.2. The average molecular weight is 294 g/mol. The van der Waals surface area contributed by atoms with E-state index in [1.54, 1.807) is 12.5 Å². The summed E-state index contributed by atoms with van der Waals surface area (Å²) >= 11 is 0. The second-order valence-electron chi connectivity index (χ2n) is 5.09. The van der Waals surface area contributed by atoms with Crippen molar-refractivity contribution in [2.24, 2.45) is 0 Å². The van der Waals surface area contributed by atoms with Crippen LogP contribution in [0.3, 0.4) is 0 Å². The van der Waals surface area contributed by atoms with Gasteiger partial charge in [-0.25, -0.2) is 4.98 Å². The number of aliphatic hydroxyl groups is 1. The van der Waals surface area contributed by atoms with E-state index in [-0.39, 0.29) is 0 Å². The van der Waals surface area contributed by atoms with Crippen molar-refractivity contribution in [3.63, 3.8) is 0 Å². The van der Waals surface area contributed by atoms with Crippen LogP contribution in [-0.2, 0) is 6.54 Å². The van der Waals surface area contributed by atoms with Crippen LogP contribution < -0.4 is 4.74 Å². The molecule has 4 nitrogen and oxygen atoms in total. The lowest BCUT2D eigenvalue weighted by Crippen LogP contribution is -2.03. The maximum Gasteiger partial charge on any atom is 0.127 e. The SMILES string of the molecule is OC(CCn1ccnc1)c1ccc(Oc2ccccc2)cc1. The summed E-state index contributed by atoms with van der Waals surface area (Å²) in [5.41, 5.74) is 0.889. The molecule has 4 heteroatoms. The fraction of sp³-hybridized carbons (Fsp3) is 0.167. The maximum absolute atomic E-state index is 10.2. The topological polar surface area (TPSA) is 47.3 Å². The highest BCUT2D eigenvalue weighted by Crippen LogP contribution is 2.24.